The maximum atomic E-state index is 4.20. The van der Waals surface area contributed by atoms with Crippen LogP contribution < -0.4 is 5.32 Å². The summed E-state index contributed by atoms with van der Waals surface area (Å²) >= 11 is 3.45. The molecule has 0 saturated carbocycles. The Kier molecular flexibility index (Phi) is 3.59. The molecule has 0 spiro atoms. The van der Waals surface area contributed by atoms with Crippen molar-refractivity contribution in [3.8, 4) is 0 Å². The zero-order valence-corrected chi connectivity index (χ0v) is 10.5. The Morgan fingerprint density at radius 1 is 1.47 bits per heavy atom. The summed E-state index contributed by atoms with van der Waals surface area (Å²) in [6.45, 7) is 2.35. The van der Waals surface area contributed by atoms with E-state index >= 15 is 0 Å². The number of pyridine rings is 1. The molecule has 82 valence electrons. The molecular formula is C11H16BrN3. The average Bonchev–Trinajstić information content (AvgIpc) is 2.25. The molecule has 0 bridgehead atoms. The largest absolute Gasteiger partial charge is 0.380 e. The zero-order chi connectivity index (χ0) is 10.7. The van der Waals surface area contributed by atoms with Gasteiger partial charge in [-0.05, 0) is 61.0 Å². The van der Waals surface area contributed by atoms with Crippen LogP contribution in [-0.4, -0.2) is 36.1 Å². The highest BCUT2D eigenvalue weighted by atomic mass is 79.9. The fraction of sp³-hybridized carbons (Fsp3) is 0.545. The first-order valence-electron chi connectivity index (χ1n) is 5.31. The highest BCUT2D eigenvalue weighted by Gasteiger charge is 2.16. The first kappa shape index (κ1) is 10.9. The third kappa shape index (κ3) is 2.92. The van der Waals surface area contributed by atoms with Crippen molar-refractivity contribution in [1.29, 1.82) is 0 Å². The van der Waals surface area contributed by atoms with Gasteiger partial charge in [-0.1, -0.05) is 0 Å². The molecule has 2 heterocycles. The number of nitrogens with one attached hydrogen (secondary N) is 1. The van der Waals surface area contributed by atoms with Gasteiger partial charge >= 0.3 is 0 Å². The van der Waals surface area contributed by atoms with E-state index in [0.29, 0.717) is 6.04 Å². The summed E-state index contributed by atoms with van der Waals surface area (Å²) < 4.78 is 0.906. The summed E-state index contributed by atoms with van der Waals surface area (Å²) in [5.74, 6) is 0. The first-order valence-corrected chi connectivity index (χ1v) is 6.10. The quantitative estimate of drug-likeness (QED) is 0.836. The Bertz CT molecular complexity index is 321. The fourth-order valence-electron chi connectivity index (χ4n) is 1.87. The molecule has 0 unspecified atom stereocenters. The number of halogens is 1. The lowest BCUT2D eigenvalue weighted by atomic mass is 10.1. The molecule has 1 aromatic rings. The van der Waals surface area contributed by atoms with Crippen LogP contribution in [0.2, 0.25) is 0 Å². The van der Waals surface area contributed by atoms with Crippen LogP contribution in [0.15, 0.2) is 22.9 Å². The van der Waals surface area contributed by atoms with Crippen LogP contribution in [0.5, 0.6) is 0 Å². The third-order valence-electron chi connectivity index (χ3n) is 2.84. The Morgan fingerprint density at radius 3 is 2.87 bits per heavy atom. The minimum absolute atomic E-state index is 0.585. The summed E-state index contributed by atoms with van der Waals surface area (Å²) in [7, 11) is 2.18. The normalized spacial score (nSPS) is 19.1. The number of nitrogens with zero attached hydrogens (tertiary/aromatic N) is 2. The molecule has 1 fully saturated rings. The molecule has 4 heteroatoms. The predicted octanol–water partition coefficient (Wildman–Crippen LogP) is 2.35. The standard InChI is InChI=1S/C11H16BrN3/c1-15-7-4-9(5-8-15)14-10-3-2-6-13-11(10)12/h2-3,6,9,14H,4-5,7-8H2,1H3. The Labute approximate surface area is 99.0 Å². The van der Waals surface area contributed by atoms with Gasteiger partial charge in [0.15, 0.2) is 0 Å². The number of rotatable bonds is 2. The van der Waals surface area contributed by atoms with Crippen molar-refractivity contribution in [2.75, 3.05) is 25.5 Å². The van der Waals surface area contributed by atoms with Gasteiger partial charge in [0.1, 0.15) is 4.60 Å². The molecule has 0 atom stereocenters. The Hall–Kier alpha value is -0.610. The molecule has 0 aliphatic carbocycles. The van der Waals surface area contributed by atoms with Gasteiger partial charge in [0.2, 0.25) is 0 Å². The van der Waals surface area contributed by atoms with E-state index < -0.39 is 0 Å². The van der Waals surface area contributed by atoms with Crippen LogP contribution in [0.4, 0.5) is 5.69 Å². The number of piperidine rings is 1. The molecule has 1 aromatic heterocycles. The van der Waals surface area contributed by atoms with Crippen LogP contribution >= 0.6 is 15.9 Å². The van der Waals surface area contributed by atoms with Gasteiger partial charge in [-0.3, -0.25) is 0 Å². The van der Waals surface area contributed by atoms with Crippen molar-refractivity contribution < 1.29 is 0 Å². The summed E-state index contributed by atoms with van der Waals surface area (Å²) in [6.07, 6.45) is 4.21. The van der Waals surface area contributed by atoms with Crippen LogP contribution in [-0.2, 0) is 0 Å². The number of likely N-dealkylation sites (tertiary alicyclic amines) is 1. The lowest BCUT2D eigenvalue weighted by molar-refractivity contribution is 0.264. The van der Waals surface area contributed by atoms with Gasteiger partial charge < -0.3 is 10.2 Å². The molecule has 15 heavy (non-hydrogen) atoms. The molecule has 1 N–H and O–H groups in total. The second-order valence-corrected chi connectivity index (χ2v) is 4.81. The first-order chi connectivity index (χ1) is 7.25. The third-order valence-corrected chi connectivity index (χ3v) is 3.47. The SMILES string of the molecule is CN1CCC(Nc2cccnc2Br)CC1. The lowest BCUT2D eigenvalue weighted by Crippen LogP contribution is -2.36. The maximum absolute atomic E-state index is 4.20. The van der Waals surface area contributed by atoms with Crippen molar-refractivity contribution in [3.63, 3.8) is 0 Å². The molecular weight excluding hydrogens is 254 g/mol. The average molecular weight is 270 g/mol. The van der Waals surface area contributed by atoms with Crippen LogP contribution in [0.1, 0.15) is 12.8 Å². The van der Waals surface area contributed by atoms with Crippen molar-refractivity contribution >= 4 is 21.6 Å². The molecule has 1 saturated heterocycles. The fourth-order valence-corrected chi connectivity index (χ4v) is 2.23. The number of aromatic nitrogens is 1. The van der Waals surface area contributed by atoms with Crippen LogP contribution in [0.25, 0.3) is 0 Å². The second kappa shape index (κ2) is 4.94. The molecule has 2 rings (SSSR count). The van der Waals surface area contributed by atoms with E-state index in [1.54, 1.807) is 6.20 Å². The number of hydrogen-bond acceptors (Lipinski definition) is 3. The Balaban J connectivity index is 1.95. The van der Waals surface area contributed by atoms with E-state index in [1.165, 1.54) is 25.9 Å². The van der Waals surface area contributed by atoms with Gasteiger partial charge in [-0.2, -0.15) is 0 Å². The molecule has 3 nitrogen and oxygen atoms in total. The maximum Gasteiger partial charge on any atom is 0.129 e. The summed E-state index contributed by atoms with van der Waals surface area (Å²) in [5.41, 5.74) is 1.10. The van der Waals surface area contributed by atoms with Crippen LogP contribution in [0, 0.1) is 0 Å². The number of anilines is 1. The zero-order valence-electron chi connectivity index (χ0n) is 8.91. The Morgan fingerprint density at radius 2 is 2.20 bits per heavy atom. The van der Waals surface area contributed by atoms with Gasteiger partial charge in [-0.25, -0.2) is 4.98 Å². The summed E-state index contributed by atoms with van der Waals surface area (Å²) in [5, 5.41) is 3.53. The lowest BCUT2D eigenvalue weighted by Gasteiger charge is -2.30. The van der Waals surface area contributed by atoms with Gasteiger partial charge in [0.25, 0.3) is 0 Å². The highest BCUT2D eigenvalue weighted by Crippen LogP contribution is 2.21. The smallest absolute Gasteiger partial charge is 0.129 e. The minimum atomic E-state index is 0.585. The number of hydrogen-bond donors (Lipinski definition) is 1. The molecule has 1 aliphatic heterocycles. The van der Waals surface area contributed by atoms with E-state index in [4.69, 9.17) is 0 Å². The van der Waals surface area contributed by atoms with E-state index in [9.17, 15) is 0 Å². The predicted molar refractivity (Wildman–Crippen MR) is 66.1 cm³/mol. The molecule has 0 aromatic carbocycles. The van der Waals surface area contributed by atoms with Crippen molar-refractivity contribution in [2.45, 2.75) is 18.9 Å². The van der Waals surface area contributed by atoms with E-state index in [2.05, 4.69) is 44.2 Å². The van der Waals surface area contributed by atoms with Crippen molar-refractivity contribution in [1.82, 2.24) is 9.88 Å². The molecule has 0 amide bonds. The van der Waals surface area contributed by atoms with E-state index in [0.717, 1.165) is 10.3 Å². The highest BCUT2D eigenvalue weighted by molar-refractivity contribution is 9.10. The van der Waals surface area contributed by atoms with Gasteiger partial charge in [-0.15, -0.1) is 0 Å². The summed E-state index contributed by atoms with van der Waals surface area (Å²) in [4.78, 5) is 6.57. The molecule has 1 aliphatic rings. The minimum Gasteiger partial charge on any atom is -0.380 e. The van der Waals surface area contributed by atoms with Crippen molar-refractivity contribution in [2.24, 2.45) is 0 Å². The second-order valence-electron chi connectivity index (χ2n) is 4.06. The van der Waals surface area contributed by atoms with Gasteiger partial charge in [0, 0.05) is 12.2 Å². The monoisotopic (exact) mass is 269 g/mol. The molecule has 0 radical (unpaired) electrons. The topological polar surface area (TPSA) is 28.2 Å². The van der Waals surface area contributed by atoms with E-state index in [1.807, 2.05) is 6.07 Å². The van der Waals surface area contributed by atoms with E-state index in [-0.39, 0.29) is 0 Å². The summed E-state index contributed by atoms with van der Waals surface area (Å²) in [6, 6.07) is 4.61. The van der Waals surface area contributed by atoms with Gasteiger partial charge in [0.05, 0.1) is 5.69 Å². The van der Waals surface area contributed by atoms with Crippen LogP contribution in [0.3, 0.4) is 0 Å². The van der Waals surface area contributed by atoms with Crippen molar-refractivity contribution in [3.05, 3.63) is 22.9 Å².